The van der Waals surface area contributed by atoms with E-state index in [1.807, 2.05) is 0 Å². The number of rotatable bonds is 9. The number of primary amides is 1. The number of carbonyl (C=O) groups is 4. The third-order valence-corrected chi connectivity index (χ3v) is 2.69. The van der Waals surface area contributed by atoms with Crippen molar-refractivity contribution in [1.82, 2.24) is 4.90 Å². The lowest BCUT2D eigenvalue weighted by Gasteiger charge is -2.18. The van der Waals surface area contributed by atoms with Gasteiger partial charge in [0.2, 0.25) is 11.8 Å². The van der Waals surface area contributed by atoms with Gasteiger partial charge in [-0.2, -0.15) is 11.8 Å². The summed E-state index contributed by atoms with van der Waals surface area (Å²) in [5.74, 6) is -3.33. The highest BCUT2D eigenvalue weighted by molar-refractivity contribution is 7.99. The molecule has 4 N–H and O–H groups in total. The van der Waals surface area contributed by atoms with Gasteiger partial charge in [0.05, 0.1) is 5.75 Å². The maximum atomic E-state index is 11.5. The monoisotopic (exact) mass is 278 g/mol. The SMILES string of the molecule is NC(=O)CSCCC(=O)N(CC(=O)O)CC(=O)O. The van der Waals surface area contributed by atoms with E-state index in [2.05, 4.69) is 0 Å². The van der Waals surface area contributed by atoms with Crippen LogP contribution >= 0.6 is 11.8 Å². The van der Waals surface area contributed by atoms with Crippen molar-refractivity contribution in [2.24, 2.45) is 5.73 Å². The fraction of sp³-hybridized carbons (Fsp3) is 0.556. The van der Waals surface area contributed by atoms with Gasteiger partial charge in [-0.15, -0.1) is 0 Å². The van der Waals surface area contributed by atoms with Crippen LogP contribution < -0.4 is 5.73 Å². The molecule has 0 aromatic rings. The first-order valence-electron chi connectivity index (χ1n) is 4.90. The summed E-state index contributed by atoms with van der Waals surface area (Å²) in [7, 11) is 0. The van der Waals surface area contributed by atoms with Crippen molar-refractivity contribution in [3.05, 3.63) is 0 Å². The first-order valence-corrected chi connectivity index (χ1v) is 6.05. The molecule has 0 spiro atoms. The molecule has 0 saturated carbocycles. The van der Waals surface area contributed by atoms with Crippen LogP contribution in [0.5, 0.6) is 0 Å². The topological polar surface area (TPSA) is 138 Å². The maximum absolute atomic E-state index is 11.5. The zero-order valence-corrected chi connectivity index (χ0v) is 10.3. The van der Waals surface area contributed by atoms with E-state index in [4.69, 9.17) is 15.9 Å². The molecule has 9 heteroatoms. The number of nitrogens with two attached hydrogens (primary N) is 1. The van der Waals surface area contributed by atoms with E-state index in [-0.39, 0.29) is 17.9 Å². The van der Waals surface area contributed by atoms with Crippen molar-refractivity contribution in [3.8, 4) is 0 Å². The number of carboxylic acid groups (broad SMARTS) is 2. The molecule has 8 nitrogen and oxygen atoms in total. The molecular weight excluding hydrogens is 264 g/mol. The highest BCUT2D eigenvalue weighted by Crippen LogP contribution is 2.04. The molecule has 0 aliphatic heterocycles. The summed E-state index contributed by atoms with van der Waals surface area (Å²) in [5, 5.41) is 17.1. The second-order valence-electron chi connectivity index (χ2n) is 3.31. The van der Waals surface area contributed by atoms with Crippen LogP contribution in [-0.2, 0) is 19.2 Å². The lowest BCUT2D eigenvalue weighted by atomic mass is 10.3. The minimum atomic E-state index is -1.28. The Morgan fingerprint density at radius 2 is 1.56 bits per heavy atom. The molecule has 0 radical (unpaired) electrons. The van der Waals surface area contributed by atoms with Crippen molar-refractivity contribution in [2.75, 3.05) is 24.6 Å². The zero-order chi connectivity index (χ0) is 14.1. The van der Waals surface area contributed by atoms with E-state index in [9.17, 15) is 19.2 Å². The number of amides is 2. The first-order chi connectivity index (χ1) is 8.32. The van der Waals surface area contributed by atoms with E-state index in [1.165, 1.54) is 0 Å². The van der Waals surface area contributed by atoms with Crippen LogP contribution in [0.25, 0.3) is 0 Å². The van der Waals surface area contributed by atoms with E-state index >= 15 is 0 Å². The van der Waals surface area contributed by atoms with Gasteiger partial charge < -0.3 is 20.8 Å². The highest BCUT2D eigenvalue weighted by atomic mass is 32.2. The lowest BCUT2D eigenvalue weighted by molar-refractivity contribution is -0.149. The van der Waals surface area contributed by atoms with E-state index in [0.717, 1.165) is 16.7 Å². The molecule has 0 fully saturated rings. The Bertz CT molecular complexity index is 330. The van der Waals surface area contributed by atoms with Gasteiger partial charge in [-0.05, 0) is 0 Å². The molecule has 18 heavy (non-hydrogen) atoms. The number of thioether (sulfide) groups is 1. The van der Waals surface area contributed by atoms with Crippen LogP contribution in [0.4, 0.5) is 0 Å². The summed E-state index contributed by atoms with van der Waals surface area (Å²) in [6.07, 6.45) is -0.0431. The Morgan fingerprint density at radius 3 is 1.94 bits per heavy atom. The third-order valence-electron chi connectivity index (χ3n) is 1.71. The van der Waals surface area contributed by atoms with Crippen molar-refractivity contribution >= 4 is 35.5 Å². The molecule has 0 aliphatic carbocycles. The van der Waals surface area contributed by atoms with Gasteiger partial charge in [-0.25, -0.2) is 0 Å². The van der Waals surface area contributed by atoms with Crippen LogP contribution in [0.2, 0.25) is 0 Å². The number of hydrogen-bond donors (Lipinski definition) is 3. The summed E-state index contributed by atoms with van der Waals surface area (Å²) in [4.78, 5) is 43.6. The van der Waals surface area contributed by atoms with Crippen molar-refractivity contribution < 1.29 is 29.4 Å². The molecule has 0 rings (SSSR count). The summed E-state index contributed by atoms with van der Waals surface area (Å²) in [6, 6.07) is 0. The molecule has 0 aromatic carbocycles. The summed E-state index contributed by atoms with van der Waals surface area (Å²) >= 11 is 1.13. The predicted molar refractivity (Wildman–Crippen MR) is 63.0 cm³/mol. The van der Waals surface area contributed by atoms with E-state index in [1.54, 1.807) is 0 Å². The van der Waals surface area contributed by atoms with Crippen LogP contribution in [-0.4, -0.2) is 63.5 Å². The largest absolute Gasteiger partial charge is 0.480 e. The fourth-order valence-electron chi connectivity index (χ4n) is 1.05. The summed E-state index contributed by atoms with van der Waals surface area (Å²) in [6.45, 7) is -1.32. The fourth-order valence-corrected chi connectivity index (χ4v) is 1.71. The summed E-state index contributed by atoms with van der Waals surface area (Å²) in [5.41, 5.74) is 4.89. The molecule has 0 aromatic heterocycles. The first kappa shape index (κ1) is 16.2. The number of nitrogens with zero attached hydrogens (tertiary/aromatic N) is 1. The summed E-state index contributed by atoms with van der Waals surface area (Å²) < 4.78 is 0. The average Bonchev–Trinajstić information content (AvgIpc) is 2.21. The van der Waals surface area contributed by atoms with Gasteiger partial charge in [0.1, 0.15) is 13.1 Å². The normalized spacial score (nSPS) is 9.78. The Hall–Kier alpha value is -1.77. The molecule has 0 aliphatic rings. The Kier molecular flexibility index (Phi) is 7.52. The van der Waals surface area contributed by atoms with Crippen LogP contribution in [0, 0.1) is 0 Å². The minimum absolute atomic E-state index is 0.0431. The van der Waals surface area contributed by atoms with Gasteiger partial charge >= 0.3 is 11.9 Å². The number of aliphatic carboxylic acids is 2. The second kappa shape index (κ2) is 8.34. The molecule has 102 valence electrons. The van der Waals surface area contributed by atoms with Gasteiger partial charge in [0.25, 0.3) is 0 Å². The molecule has 0 unspecified atom stereocenters. The zero-order valence-electron chi connectivity index (χ0n) is 9.50. The predicted octanol–water partition coefficient (Wildman–Crippen LogP) is -1.41. The maximum Gasteiger partial charge on any atom is 0.323 e. The van der Waals surface area contributed by atoms with Crippen LogP contribution in [0.3, 0.4) is 0 Å². The molecule has 0 bridgehead atoms. The van der Waals surface area contributed by atoms with Gasteiger partial charge in [0, 0.05) is 12.2 Å². The van der Waals surface area contributed by atoms with E-state index < -0.39 is 36.8 Å². The van der Waals surface area contributed by atoms with Crippen LogP contribution in [0.1, 0.15) is 6.42 Å². The Morgan fingerprint density at radius 1 is 1.06 bits per heavy atom. The van der Waals surface area contributed by atoms with Gasteiger partial charge in [0.15, 0.2) is 0 Å². The van der Waals surface area contributed by atoms with Crippen molar-refractivity contribution in [2.45, 2.75) is 6.42 Å². The number of carbonyl (C=O) groups excluding carboxylic acids is 2. The van der Waals surface area contributed by atoms with Gasteiger partial charge in [-0.1, -0.05) is 0 Å². The van der Waals surface area contributed by atoms with Crippen LogP contribution in [0.15, 0.2) is 0 Å². The molecule has 0 atom stereocenters. The quantitative estimate of drug-likeness (QED) is 0.440. The molecule has 0 heterocycles. The smallest absolute Gasteiger partial charge is 0.323 e. The average molecular weight is 278 g/mol. The van der Waals surface area contributed by atoms with Crippen molar-refractivity contribution in [1.29, 1.82) is 0 Å². The Labute approximate surface area is 107 Å². The molecular formula is C9H14N2O6S. The van der Waals surface area contributed by atoms with E-state index in [0.29, 0.717) is 0 Å². The van der Waals surface area contributed by atoms with Crippen molar-refractivity contribution in [3.63, 3.8) is 0 Å². The molecule has 2 amide bonds. The molecule has 0 saturated heterocycles. The minimum Gasteiger partial charge on any atom is -0.480 e. The Balaban J connectivity index is 4.16. The number of carboxylic acids is 2. The second-order valence-corrected chi connectivity index (χ2v) is 4.41. The third kappa shape index (κ3) is 8.39. The standard InChI is InChI=1S/C9H14N2O6S/c10-6(12)5-18-2-1-7(13)11(3-8(14)15)4-9(16)17/h1-5H2,(H2,10,12)(H,14,15)(H,16,17). The highest BCUT2D eigenvalue weighted by Gasteiger charge is 2.19. The van der Waals surface area contributed by atoms with Gasteiger partial charge in [-0.3, -0.25) is 19.2 Å². The lowest BCUT2D eigenvalue weighted by Crippen LogP contribution is -2.39. The number of hydrogen-bond acceptors (Lipinski definition) is 5.